The van der Waals surface area contributed by atoms with Gasteiger partial charge in [0.25, 0.3) is 5.89 Å². The Morgan fingerprint density at radius 1 is 1.00 bits per heavy atom. The van der Waals surface area contributed by atoms with Crippen molar-refractivity contribution in [2.75, 3.05) is 14.2 Å². The molecule has 0 saturated carbocycles. The number of oxime groups is 1. The van der Waals surface area contributed by atoms with Crippen molar-refractivity contribution in [3.63, 3.8) is 0 Å². The van der Waals surface area contributed by atoms with Gasteiger partial charge in [-0.1, -0.05) is 35.5 Å². The molecule has 194 valence electrons. The third-order valence-corrected chi connectivity index (χ3v) is 5.24. The molecule has 2 heterocycles. The molecule has 13 heteroatoms. The van der Waals surface area contributed by atoms with Crippen molar-refractivity contribution >= 4 is 11.5 Å². The van der Waals surface area contributed by atoms with Crippen LogP contribution in [0.2, 0.25) is 0 Å². The van der Waals surface area contributed by atoms with Crippen LogP contribution in [-0.2, 0) is 11.4 Å². The molecule has 1 aliphatic rings. The van der Waals surface area contributed by atoms with Gasteiger partial charge in [-0.2, -0.15) is 0 Å². The number of likely N-dealkylation sites (N-methyl/N-ethyl adjacent to an activating group) is 1. The molecule has 0 amide bonds. The fourth-order valence-corrected chi connectivity index (χ4v) is 3.49. The molecule has 0 unspecified atom stereocenters. The summed E-state index contributed by atoms with van der Waals surface area (Å²) in [6, 6.07) is 17.1. The predicted molar refractivity (Wildman–Crippen MR) is 132 cm³/mol. The molecule has 0 bridgehead atoms. The first-order valence-electron chi connectivity index (χ1n) is 11.2. The number of hydrogen-bond acceptors (Lipinski definition) is 11. The van der Waals surface area contributed by atoms with Crippen LogP contribution in [0.25, 0.3) is 11.5 Å². The Hall–Kier alpha value is -5.04. The molecule has 0 saturated heterocycles. The largest absolute Gasteiger partial charge is 0.493 e. The van der Waals surface area contributed by atoms with Crippen LogP contribution >= 0.6 is 0 Å². The second kappa shape index (κ2) is 10.9. The lowest BCUT2D eigenvalue weighted by molar-refractivity contribution is 0.112. The van der Waals surface area contributed by atoms with Crippen molar-refractivity contribution < 1.29 is 27.5 Å². The lowest BCUT2D eigenvalue weighted by Crippen LogP contribution is -2.40. The minimum atomic E-state index is -0.756. The van der Waals surface area contributed by atoms with E-state index in [0.717, 1.165) is 23.8 Å². The molecular weight excluding hydrogens is 500 g/mol. The number of halogens is 2. The summed E-state index contributed by atoms with van der Waals surface area (Å²) in [7, 11) is 3.22. The van der Waals surface area contributed by atoms with Crippen LogP contribution in [0, 0.1) is 11.6 Å². The number of hydrazine groups is 2. The van der Waals surface area contributed by atoms with E-state index in [4.69, 9.17) is 18.7 Å². The Morgan fingerprint density at radius 3 is 2.50 bits per heavy atom. The second-order valence-electron chi connectivity index (χ2n) is 7.87. The van der Waals surface area contributed by atoms with Crippen LogP contribution in [0.1, 0.15) is 11.5 Å². The van der Waals surface area contributed by atoms with E-state index >= 15 is 0 Å². The maximum Gasteiger partial charge on any atom is 0.257 e. The Bertz CT molecular complexity index is 1470. The van der Waals surface area contributed by atoms with E-state index in [2.05, 4.69) is 31.5 Å². The summed E-state index contributed by atoms with van der Waals surface area (Å²) in [5.74, 6) is -0.0735. The molecule has 3 aromatic carbocycles. The first-order chi connectivity index (χ1) is 18.5. The first kappa shape index (κ1) is 24.6. The Labute approximate surface area is 215 Å². The van der Waals surface area contributed by atoms with Gasteiger partial charge in [-0.05, 0) is 18.2 Å². The molecule has 4 aromatic rings. The van der Waals surface area contributed by atoms with Crippen LogP contribution < -0.4 is 20.5 Å². The number of amidine groups is 1. The average Bonchev–Trinajstić information content (AvgIpc) is 3.56. The lowest BCUT2D eigenvalue weighted by atomic mass is 10.1. The third kappa shape index (κ3) is 5.52. The van der Waals surface area contributed by atoms with E-state index in [0.29, 0.717) is 22.9 Å². The maximum atomic E-state index is 13.5. The number of methoxy groups -OCH3 is 1. The smallest absolute Gasteiger partial charge is 0.257 e. The first-order valence-corrected chi connectivity index (χ1v) is 11.2. The zero-order valence-corrected chi connectivity index (χ0v) is 20.2. The third-order valence-electron chi connectivity index (χ3n) is 5.24. The van der Waals surface area contributed by atoms with Gasteiger partial charge in [0, 0.05) is 36.4 Å². The summed E-state index contributed by atoms with van der Waals surface area (Å²) >= 11 is 0. The summed E-state index contributed by atoms with van der Waals surface area (Å²) in [4.78, 5) is 5.52. The highest BCUT2D eigenvalue weighted by Crippen LogP contribution is 2.35. The van der Waals surface area contributed by atoms with E-state index in [1.165, 1.54) is 7.11 Å². The number of aromatic nitrogens is 2. The fourth-order valence-electron chi connectivity index (χ4n) is 3.49. The molecule has 0 atom stereocenters. The molecule has 1 aliphatic heterocycles. The maximum absolute atomic E-state index is 13.5. The monoisotopic (exact) mass is 521 g/mol. The summed E-state index contributed by atoms with van der Waals surface area (Å²) < 4.78 is 43.7. The number of nitrogens with one attached hydrogen (secondary N) is 2. The van der Waals surface area contributed by atoms with E-state index in [1.807, 2.05) is 30.3 Å². The van der Waals surface area contributed by atoms with Gasteiger partial charge in [0.15, 0.2) is 29.7 Å². The molecule has 0 aliphatic carbocycles. The number of hydrogen-bond donors (Lipinski definition) is 2. The minimum absolute atomic E-state index is 0.0116. The molecular formula is C25H21F2N7O4. The van der Waals surface area contributed by atoms with E-state index in [9.17, 15) is 8.78 Å². The number of ether oxygens (including phenoxy) is 2. The predicted octanol–water partition coefficient (Wildman–Crippen LogP) is 4.00. The van der Waals surface area contributed by atoms with Crippen molar-refractivity contribution in [1.82, 2.24) is 26.3 Å². The second-order valence-corrected chi connectivity index (χ2v) is 7.87. The van der Waals surface area contributed by atoms with Crippen molar-refractivity contribution in [1.29, 1.82) is 0 Å². The van der Waals surface area contributed by atoms with E-state index in [-0.39, 0.29) is 29.9 Å². The van der Waals surface area contributed by atoms with Crippen molar-refractivity contribution in [2.24, 2.45) is 10.3 Å². The number of hydrazone groups is 1. The highest BCUT2D eigenvalue weighted by molar-refractivity contribution is 6.47. The van der Waals surface area contributed by atoms with E-state index < -0.39 is 11.6 Å². The summed E-state index contributed by atoms with van der Waals surface area (Å²) in [5, 5.41) is 18.1. The zero-order valence-electron chi connectivity index (χ0n) is 20.2. The highest BCUT2D eigenvalue weighted by Gasteiger charge is 2.21. The molecule has 2 N–H and O–H groups in total. The van der Waals surface area contributed by atoms with Crippen LogP contribution in [0.5, 0.6) is 17.2 Å². The average molecular weight is 521 g/mol. The molecule has 11 nitrogen and oxygen atoms in total. The van der Waals surface area contributed by atoms with Gasteiger partial charge in [-0.25, -0.2) is 14.3 Å². The van der Waals surface area contributed by atoms with Gasteiger partial charge in [-0.15, -0.1) is 20.8 Å². The van der Waals surface area contributed by atoms with Crippen LogP contribution in [-0.4, -0.2) is 40.9 Å². The summed E-state index contributed by atoms with van der Waals surface area (Å²) in [5.41, 5.74) is 7.32. The Morgan fingerprint density at radius 2 is 1.79 bits per heavy atom. The Balaban J connectivity index is 1.30. The van der Waals surface area contributed by atoms with Gasteiger partial charge in [0.2, 0.25) is 5.89 Å². The molecule has 1 aromatic heterocycles. The van der Waals surface area contributed by atoms with Gasteiger partial charge in [0.05, 0.1) is 7.11 Å². The van der Waals surface area contributed by atoms with Gasteiger partial charge < -0.3 is 18.7 Å². The Kier molecular flexibility index (Phi) is 7.08. The summed E-state index contributed by atoms with van der Waals surface area (Å²) in [6.07, 6.45) is 0. The van der Waals surface area contributed by atoms with E-state index in [1.54, 1.807) is 30.3 Å². The minimum Gasteiger partial charge on any atom is -0.493 e. The lowest BCUT2D eigenvalue weighted by Gasteiger charge is -2.13. The normalized spacial score (nSPS) is 13.2. The SMILES string of the molecule is COc1cc(-c2nnc(CO/N=C(\C3=NNNN3C)c3ccccc3)o2)ccc1Oc1cc(F)cc(F)c1. The molecule has 0 radical (unpaired) electrons. The number of benzene rings is 3. The molecule has 5 rings (SSSR count). The molecule has 0 fully saturated rings. The highest BCUT2D eigenvalue weighted by atomic mass is 19.1. The number of rotatable bonds is 9. The van der Waals surface area contributed by atoms with Crippen LogP contribution in [0.4, 0.5) is 8.78 Å². The van der Waals surface area contributed by atoms with Crippen molar-refractivity contribution in [2.45, 2.75) is 6.61 Å². The quantitative estimate of drug-likeness (QED) is 0.249. The van der Waals surface area contributed by atoms with Crippen molar-refractivity contribution in [3.8, 4) is 28.7 Å². The summed E-state index contributed by atoms with van der Waals surface area (Å²) in [6.45, 7) is -0.0926. The van der Waals surface area contributed by atoms with Gasteiger partial charge >= 0.3 is 0 Å². The van der Waals surface area contributed by atoms with Gasteiger partial charge in [-0.3, -0.25) is 5.01 Å². The molecule has 38 heavy (non-hydrogen) atoms. The standard InChI is InChI=1S/C25H21F2N7O4/c1-34-24(29-32-33-34)23(15-6-4-3-5-7-15)31-36-14-22-28-30-25(38-22)16-8-9-20(21(10-16)35-2)37-19-12-17(26)11-18(27)13-19/h3-13,32-33H,14H2,1-2H3/b31-23-. The van der Waals surface area contributed by atoms with Gasteiger partial charge in [0.1, 0.15) is 17.4 Å². The topological polar surface area (TPSA) is 119 Å². The van der Waals surface area contributed by atoms with Crippen LogP contribution in [0.3, 0.4) is 0 Å². The fraction of sp³-hybridized carbons (Fsp3) is 0.120. The molecule has 0 spiro atoms. The van der Waals surface area contributed by atoms with Crippen molar-refractivity contribution in [3.05, 3.63) is 89.8 Å². The number of nitrogens with zero attached hydrogens (tertiary/aromatic N) is 5. The van der Waals surface area contributed by atoms with Crippen LogP contribution in [0.15, 0.2) is 81.4 Å². The zero-order chi connectivity index (χ0) is 26.5.